The largest absolute Gasteiger partial charge is 0.456 e. The van der Waals surface area contributed by atoms with E-state index in [1.54, 1.807) is 17.7 Å². The Morgan fingerprint density at radius 1 is 1.54 bits per heavy atom. The van der Waals surface area contributed by atoms with Crippen LogP contribution in [0.15, 0.2) is 23.3 Å². The summed E-state index contributed by atoms with van der Waals surface area (Å²) in [6, 6.07) is 0. The summed E-state index contributed by atoms with van der Waals surface area (Å²) in [6.45, 7) is 5.54. The smallest absolute Gasteiger partial charge is 0.340 e. The van der Waals surface area contributed by atoms with Gasteiger partial charge in [0.1, 0.15) is 5.60 Å². The van der Waals surface area contributed by atoms with Gasteiger partial charge in [0, 0.05) is 6.20 Å². The number of carbonyl (C=O) groups is 1. The molecule has 1 aliphatic rings. The molecule has 0 fully saturated rings. The maximum atomic E-state index is 11.4. The Hall–Kier alpha value is -0.900. The van der Waals surface area contributed by atoms with Crippen LogP contribution in [-0.4, -0.2) is 11.6 Å². The third-order valence-electron chi connectivity index (χ3n) is 1.23. The number of nitrogens with one attached hydrogen (secondary N) is 1. The van der Waals surface area contributed by atoms with Gasteiger partial charge in [-0.15, -0.1) is 0 Å². The van der Waals surface area contributed by atoms with Crippen molar-refractivity contribution in [3.63, 3.8) is 0 Å². The van der Waals surface area contributed by atoms with Crippen LogP contribution < -0.4 is 4.72 Å². The predicted molar refractivity (Wildman–Crippen MR) is 53.8 cm³/mol. The second kappa shape index (κ2) is 3.87. The van der Waals surface area contributed by atoms with Crippen molar-refractivity contribution in [2.75, 3.05) is 0 Å². The van der Waals surface area contributed by atoms with Crippen LogP contribution >= 0.6 is 11.9 Å². The highest BCUT2D eigenvalue weighted by Gasteiger charge is 2.18. The lowest BCUT2D eigenvalue weighted by molar-refractivity contribution is -0.149. The molecule has 0 aromatic heterocycles. The van der Waals surface area contributed by atoms with Crippen molar-refractivity contribution in [1.29, 1.82) is 0 Å². The lowest BCUT2D eigenvalue weighted by Gasteiger charge is -2.20. The van der Waals surface area contributed by atoms with E-state index in [9.17, 15) is 4.79 Å². The molecular weight excluding hydrogens is 186 g/mol. The molecule has 0 atom stereocenters. The summed E-state index contributed by atoms with van der Waals surface area (Å²) in [6.07, 6.45) is 3.37. The summed E-state index contributed by atoms with van der Waals surface area (Å²) in [5, 5.41) is 1.80. The van der Waals surface area contributed by atoms with Crippen molar-refractivity contribution in [2.24, 2.45) is 0 Å². The first-order valence-electron chi connectivity index (χ1n) is 4.00. The highest BCUT2D eigenvalue weighted by molar-refractivity contribution is 8.00. The summed E-state index contributed by atoms with van der Waals surface area (Å²) < 4.78 is 8.04. The zero-order valence-electron chi connectivity index (χ0n) is 7.96. The first-order valence-corrected chi connectivity index (χ1v) is 4.88. The molecule has 0 unspecified atom stereocenters. The molecule has 0 aromatic carbocycles. The first kappa shape index (κ1) is 10.2. The minimum Gasteiger partial charge on any atom is -0.456 e. The molecule has 0 amide bonds. The number of ether oxygens (including phenoxy) is 1. The quantitative estimate of drug-likeness (QED) is 0.517. The van der Waals surface area contributed by atoms with Crippen LogP contribution in [0.3, 0.4) is 0 Å². The molecule has 3 nitrogen and oxygen atoms in total. The van der Waals surface area contributed by atoms with E-state index in [1.807, 2.05) is 20.8 Å². The van der Waals surface area contributed by atoms with Gasteiger partial charge in [-0.1, -0.05) is 0 Å². The third kappa shape index (κ3) is 3.55. The van der Waals surface area contributed by atoms with Gasteiger partial charge in [-0.05, 0) is 44.2 Å². The summed E-state index contributed by atoms with van der Waals surface area (Å²) in [4.78, 5) is 11.4. The molecule has 13 heavy (non-hydrogen) atoms. The highest BCUT2D eigenvalue weighted by atomic mass is 32.2. The van der Waals surface area contributed by atoms with Crippen LogP contribution in [0.25, 0.3) is 0 Å². The second-order valence-electron chi connectivity index (χ2n) is 3.64. The number of esters is 1. The Balaban J connectivity index is 2.58. The zero-order valence-corrected chi connectivity index (χ0v) is 8.77. The number of rotatable bonds is 1. The summed E-state index contributed by atoms with van der Waals surface area (Å²) in [5.41, 5.74) is 0.116. The fourth-order valence-electron chi connectivity index (χ4n) is 0.756. The number of carbonyl (C=O) groups excluding carboxylic acids is 1. The molecule has 1 heterocycles. The van der Waals surface area contributed by atoms with E-state index in [2.05, 4.69) is 4.72 Å². The van der Waals surface area contributed by atoms with E-state index in [-0.39, 0.29) is 5.97 Å². The van der Waals surface area contributed by atoms with Gasteiger partial charge in [0.05, 0.1) is 5.57 Å². The van der Waals surface area contributed by atoms with E-state index in [4.69, 9.17) is 4.74 Å². The molecule has 0 radical (unpaired) electrons. The molecule has 1 aliphatic heterocycles. The van der Waals surface area contributed by atoms with Crippen molar-refractivity contribution in [2.45, 2.75) is 26.4 Å². The Morgan fingerprint density at radius 3 is 2.69 bits per heavy atom. The van der Waals surface area contributed by atoms with E-state index in [0.29, 0.717) is 5.57 Å². The molecule has 0 bridgehead atoms. The molecule has 1 N–H and O–H groups in total. The molecule has 0 saturated carbocycles. The summed E-state index contributed by atoms with van der Waals surface area (Å²) in [5.74, 6) is -0.295. The van der Waals surface area contributed by atoms with Gasteiger partial charge in [0.25, 0.3) is 0 Å². The van der Waals surface area contributed by atoms with Gasteiger partial charge in [0.15, 0.2) is 0 Å². The van der Waals surface area contributed by atoms with E-state index >= 15 is 0 Å². The molecule has 72 valence electrons. The number of hydrogen-bond acceptors (Lipinski definition) is 4. The van der Waals surface area contributed by atoms with Crippen LogP contribution in [0, 0.1) is 0 Å². The zero-order chi connectivity index (χ0) is 9.90. The second-order valence-corrected chi connectivity index (χ2v) is 4.38. The Kier molecular flexibility index (Phi) is 3.03. The van der Waals surface area contributed by atoms with Gasteiger partial charge in [-0.2, -0.15) is 0 Å². The summed E-state index contributed by atoms with van der Waals surface area (Å²) in [7, 11) is 0. The van der Waals surface area contributed by atoms with Gasteiger partial charge >= 0.3 is 5.97 Å². The lowest BCUT2D eigenvalue weighted by atomic mass is 10.2. The van der Waals surface area contributed by atoms with E-state index in [1.165, 1.54) is 11.9 Å². The van der Waals surface area contributed by atoms with Gasteiger partial charge < -0.3 is 9.46 Å². The van der Waals surface area contributed by atoms with Crippen LogP contribution in [0.1, 0.15) is 20.8 Å². The van der Waals surface area contributed by atoms with Gasteiger partial charge in [0.2, 0.25) is 0 Å². The van der Waals surface area contributed by atoms with Crippen molar-refractivity contribution in [3.05, 3.63) is 23.3 Å². The fraction of sp³-hybridized carbons (Fsp3) is 0.444. The van der Waals surface area contributed by atoms with E-state index in [0.717, 1.165) is 0 Å². The molecule has 0 saturated heterocycles. The molecule has 4 heteroatoms. The van der Waals surface area contributed by atoms with Crippen LogP contribution in [-0.2, 0) is 9.53 Å². The topological polar surface area (TPSA) is 38.3 Å². The fourth-order valence-corrected chi connectivity index (χ4v) is 1.24. The SMILES string of the molecule is CC(C)(C)OC(=O)C1=CNSC=C1. The molecular formula is C9H13NO2S. The Bertz CT molecular complexity index is 263. The third-order valence-corrected chi connectivity index (χ3v) is 1.76. The summed E-state index contributed by atoms with van der Waals surface area (Å²) >= 11 is 1.42. The molecule has 0 aromatic rings. The van der Waals surface area contributed by atoms with E-state index < -0.39 is 5.60 Å². The van der Waals surface area contributed by atoms with Crippen LogP contribution in [0.2, 0.25) is 0 Å². The first-order chi connectivity index (χ1) is 5.99. The predicted octanol–water partition coefficient (Wildman–Crippen LogP) is 1.98. The normalized spacial score (nSPS) is 16.1. The van der Waals surface area contributed by atoms with Crippen molar-refractivity contribution < 1.29 is 9.53 Å². The molecule has 0 aliphatic carbocycles. The van der Waals surface area contributed by atoms with Crippen molar-refractivity contribution in [1.82, 2.24) is 4.72 Å². The number of hydrogen-bond donors (Lipinski definition) is 1. The standard InChI is InChI=1S/C9H13NO2S/c1-9(2,3)12-8(11)7-4-5-13-10-6-7/h4-6,10H,1-3H3. The maximum absolute atomic E-state index is 11.4. The highest BCUT2D eigenvalue weighted by Crippen LogP contribution is 2.15. The average molecular weight is 199 g/mol. The minimum absolute atomic E-state index is 0.295. The monoisotopic (exact) mass is 199 g/mol. The van der Waals surface area contributed by atoms with Crippen molar-refractivity contribution in [3.8, 4) is 0 Å². The molecule has 0 spiro atoms. The Morgan fingerprint density at radius 2 is 2.23 bits per heavy atom. The average Bonchev–Trinajstić information content (AvgIpc) is 2.03. The Labute approximate surface area is 82.4 Å². The van der Waals surface area contributed by atoms with Gasteiger partial charge in [-0.3, -0.25) is 0 Å². The van der Waals surface area contributed by atoms with Crippen LogP contribution in [0.4, 0.5) is 0 Å². The lowest BCUT2D eigenvalue weighted by Crippen LogP contribution is -2.25. The minimum atomic E-state index is -0.434. The van der Waals surface area contributed by atoms with Crippen LogP contribution in [0.5, 0.6) is 0 Å². The van der Waals surface area contributed by atoms with Gasteiger partial charge in [-0.25, -0.2) is 4.79 Å². The maximum Gasteiger partial charge on any atom is 0.340 e. The molecule has 1 rings (SSSR count). The van der Waals surface area contributed by atoms with Crippen molar-refractivity contribution >= 4 is 17.9 Å².